The number of benzene rings is 1. The molecule has 1 aliphatic heterocycles. The van der Waals surface area contributed by atoms with Gasteiger partial charge in [-0.25, -0.2) is 4.98 Å². The molecule has 0 radical (unpaired) electrons. The molecule has 3 amide bonds. The van der Waals surface area contributed by atoms with E-state index in [9.17, 15) is 14.4 Å². The van der Waals surface area contributed by atoms with Crippen LogP contribution in [0.25, 0.3) is 0 Å². The van der Waals surface area contributed by atoms with Crippen molar-refractivity contribution in [3.8, 4) is 11.6 Å². The Balaban J connectivity index is 1.68. The predicted octanol–water partition coefficient (Wildman–Crippen LogP) is 2.98. The topological polar surface area (TPSA) is 105 Å². The molecule has 35 heavy (non-hydrogen) atoms. The largest absolute Gasteiger partial charge is 0.437 e. The van der Waals surface area contributed by atoms with Crippen molar-refractivity contribution in [1.82, 2.24) is 25.1 Å². The van der Waals surface area contributed by atoms with Gasteiger partial charge in [-0.2, -0.15) is 0 Å². The summed E-state index contributed by atoms with van der Waals surface area (Å²) >= 11 is 0. The molecule has 1 atom stereocenters. The van der Waals surface area contributed by atoms with Crippen LogP contribution < -0.4 is 10.1 Å². The minimum absolute atomic E-state index is 0.0678. The molecule has 0 spiro atoms. The Morgan fingerprint density at radius 3 is 2.60 bits per heavy atom. The molecule has 1 aliphatic rings. The van der Waals surface area contributed by atoms with Crippen LogP contribution in [0.1, 0.15) is 44.9 Å². The van der Waals surface area contributed by atoms with Gasteiger partial charge < -0.3 is 19.9 Å². The predicted molar refractivity (Wildman–Crippen MR) is 129 cm³/mol. The zero-order valence-electron chi connectivity index (χ0n) is 19.9. The molecule has 1 aromatic carbocycles. The first-order chi connectivity index (χ1) is 16.9. The number of hydrogen-bond acceptors (Lipinski definition) is 6. The van der Waals surface area contributed by atoms with Crippen molar-refractivity contribution in [2.45, 2.75) is 19.9 Å². The first kappa shape index (κ1) is 23.9. The molecular formula is C26H27N5O4. The number of nitrogens with zero attached hydrogens (tertiary/aromatic N) is 4. The number of amides is 3. The first-order valence-corrected chi connectivity index (χ1v) is 11.3. The highest BCUT2D eigenvalue weighted by molar-refractivity contribution is 5.97. The van der Waals surface area contributed by atoms with Crippen LogP contribution >= 0.6 is 0 Å². The highest BCUT2D eigenvalue weighted by atomic mass is 16.5. The molecule has 3 heterocycles. The van der Waals surface area contributed by atoms with Gasteiger partial charge in [-0.1, -0.05) is 12.1 Å². The van der Waals surface area contributed by atoms with Crippen molar-refractivity contribution in [3.63, 3.8) is 0 Å². The number of carbonyl (C=O) groups excluding carboxylic acids is 3. The standard InChI is InChI=1S/C26H27N5O4/c1-17-9-10-21(15-29-17)35-25-22(8-5-11-28-25)26(34)31-13-12-30(18(2)32)16-23(31)19-6-4-7-20(14-19)24(33)27-3/h4-11,14-15,23H,12-13,16H2,1-3H3,(H,27,33)/t23-/m0/s1. The van der Waals surface area contributed by atoms with E-state index < -0.39 is 6.04 Å². The molecule has 9 nitrogen and oxygen atoms in total. The van der Waals surface area contributed by atoms with Gasteiger partial charge in [-0.05, 0) is 48.9 Å². The van der Waals surface area contributed by atoms with Crippen LogP contribution in [0.3, 0.4) is 0 Å². The summed E-state index contributed by atoms with van der Waals surface area (Å²) in [7, 11) is 1.57. The maximum Gasteiger partial charge on any atom is 0.259 e. The van der Waals surface area contributed by atoms with Crippen LogP contribution in [0.5, 0.6) is 11.6 Å². The van der Waals surface area contributed by atoms with Gasteiger partial charge in [-0.15, -0.1) is 0 Å². The third-order valence-electron chi connectivity index (χ3n) is 5.95. The van der Waals surface area contributed by atoms with Crippen molar-refractivity contribution in [2.24, 2.45) is 0 Å². The van der Waals surface area contributed by atoms with Crippen molar-refractivity contribution < 1.29 is 19.1 Å². The lowest BCUT2D eigenvalue weighted by Gasteiger charge is -2.41. The van der Waals surface area contributed by atoms with Crippen LogP contribution in [-0.2, 0) is 4.79 Å². The van der Waals surface area contributed by atoms with Gasteiger partial charge in [0.05, 0.1) is 12.2 Å². The molecule has 0 unspecified atom stereocenters. The van der Waals surface area contributed by atoms with Gasteiger partial charge in [0.25, 0.3) is 11.8 Å². The van der Waals surface area contributed by atoms with E-state index in [4.69, 9.17) is 4.74 Å². The third-order valence-corrected chi connectivity index (χ3v) is 5.95. The van der Waals surface area contributed by atoms with Crippen LogP contribution in [0.15, 0.2) is 60.9 Å². The average molecular weight is 474 g/mol. The lowest BCUT2D eigenvalue weighted by atomic mass is 9.98. The maximum absolute atomic E-state index is 13.8. The minimum Gasteiger partial charge on any atom is -0.437 e. The van der Waals surface area contributed by atoms with E-state index in [-0.39, 0.29) is 23.6 Å². The molecule has 1 saturated heterocycles. The minimum atomic E-state index is -0.446. The van der Waals surface area contributed by atoms with E-state index in [0.717, 1.165) is 11.3 Å². The number of pyridine rings is 2. The number of rotatable bonds is 5. The third kappa shape index (κ3) is 5.29. The van der Waals surface area contributed by atoms with Crippen LogP contribution in [0, 0.1) is 6.92 Å². The summed E-state index contributed by atoms with van der Waals surface area (Å²) in [6.45, 7) is 4.44. The molecule has 180 valence electrons. The SMILES string of the molecule is CNC(=O)c1cccc([C@@H]2CN(C(C)=O)CCN2C(=O)c2cccnc2Oc2ccc(C)nc2)c1. The number of nitrogens with one attached hydrogen (secondary N) is 1. The van der Waals surface area contributed by atoms with E-state index >= 15 is 0 Å². The van der Waals surface area contributed by atoms with Gasteiger partial charge in [0.15, 0.2) is 0 Å². The summed E-state index contributed by atoms with van der Waals surface area (Å²) in [5.41, 5.74) is 2.39. The monoisotopic (exact) mass is 473 g/mol. The molecule has 1 N–H and O–H groups in total. The molecule has 9 heteroatoms. The molecule has 4 rings (SSSR count). The number of piperazine rings is 1. The number of carbonyl (C=O) groups is 3. The molecule has 1 fully saturated rings. The van der Waals surface area contributed by atoms with Gasteiger partial charge >= 0.3 is 0 Å². The lowest BCUT2D eigenvalue weighted by molar-refractivity contribution is -0.131. The zero-order chi connectivity index (χ0) is 24.9. The number of aryl methyl sites for hydroxylation is 1. The van der Waals surface area contributed by atoms with Crippen LogP contribution in [-0.4, -0.2) is 64.2 Å². The second-order valence-corrected chi connectivity index (χ2v) is 8.28. The summed E-state index contributed by atoms with van der Waals surface area (Å²) in [6.07, 6.45) is 3.14. The molecule has 0 aliphatic carbocycles. The summed E-state index contributed by atoms with van der Waals surface area (Å²) in [5.74, 6) is 0.0850. The Hall–Kier alpha value is -4.27. The fraction of sp³-hybridized carbons (Fsp3) is 0.269. The Morgan fingerprint density at radius 1 is 1.06 bits per heavy atom. The molecular weight excluding hydrogens is 446 g/mol. The van der Waals surface area contributed by atoms with Gasteiger partial charge in [0.2, 0.25) is 11.8 Å². The fourth-order valence-electron chi connectivity index (χ4n) is 4.04. The average Bonchev–Trinajstić information content (AvgIpc) is 2.89. The Bertz CT molecular complexity index is 1240. The second-order valence-electron chi connectivity index (χ2n) is 8.28. The molecule has 3 aromatic rings. The van der Waals surface area contributed by atoms with E-state index in [0.29, 0.717) is 36.5 Å². The van der Waals surface area contributed by atoms with Crippen molar-refractivity contribution in [3.05, 3.63) is 83.3 Å². The van der Waals surface area contributed by atoms with Crippen molar-refractivity contribution in [1.29, 1.82) is 0 Å². The number of ether oxygens (including phenoxy) is 1. The van der Waals surface area contributed by atoms with Crippen LogP contribution in [0.4, 0.5) is 0 Å². The normalized spacial score (nSPS) is 15.5. The number of hydrogen-bond donors (Lipinski definition) is 1. The smallest absolute Gasteiger partial charge is 0.259 e. The van der Waals surface area contributed by atoms with E-state index in [2.05, 4.69) is 15.3 Å². The highest BCUT2D eigenvalue weighted by Gasteiger charge is 2.34. The van der Waals surface area contributed by atoms with Gasteiger partial charge in [0.1, 0.15) is 11.3 Å². The molecule has 2 aromatic heterocycles. The summed E-state index contributed by atoms with van der Waals surface area (Å²) in [4.78, 5) is 50.1. The van der Waals surface area contributed by atoms with Crippen molar-refractivity contribution >= 4 is 17.7 Å². The summed E-state index contributed by atoms with van der Waals surface area (Å²) in [6, 6.07) is 13.6. The summed E-state index contributed by atoms with van der Waals surface area (Å²) < 4.78 is 5.90. The highest BCUT2D eigenvalue weighted by Crippen LogP contribution is 2.31. The molecule has 0 saturated carbocycles. The Kier molecular flexibility index (Phi) is 7.05. The maximum atomic E-state index is 13.8. The van der Waals surface area contributed by atoms with Gasteiger partial charge in [-0.3, -0.25) is 19.4 Å². The number of aromatic nitrogens is 2. The van der Waals surface area contributed by atoms with Crippen molar-refractivity contribution in [2.75, 3.05) is 26.7 Å². The van der Waals surface area contributed by atoms with E-state index in [1.54, 1.807) is 65.6 Å². The van der Waals surface area contributed by atoms with Gasteiger partial charge in [0, 0.05) is 51.1 Å². The lowest BCUT2D eigenvalue weighted by Crippen LogP contribution is -2.52. The van der Waals surface area contributed by atoms with E-state index in [1.165, 1.54) is 6.92 Å². The quantitative estimate of drug-likeness (QED) is 0.611. The van der Waals surface area contributed by atoms with E-state index in [1.807, 2.05) is 19.1 Å². The first-order valence-electron chi connectivity index (χ1n) is 11.3. The fourth-order valence-corrected chi connectivity index (χ4v) is 4.04. The molecule has 0 bridgehead atoms. The zero-order valence-corrected chi connectivity index (χ0v) is 19.9. The Morgan fingerprint density at radius 2 is 1.89 bits per heavy atom. The van der Waals surface area contributed by atoms with Crippen LogP contribution in [0.2, 0.25) is 0 Å². The second kappa shape index (κ2) is 10.3. The summed E-state index contributed by atoms with van der Waals surface area (Å²) in [5, 5.41) is 2.62. The Labute approximate surface area is 203 Å².